The second-order valence-corrected chi connectivity index (χ2v) is 7.01. The molecule has 1 N–H and O–H groups in total. The van der Waals surface area contributed by atoms with Crippen LogP contribution in [0.5, 0.6) is 17.2 Å². The molecule has 1 aliphatic heterocycles. The van der Waals surface area contributed by atoms with Crippen molar-refractivity contribution in [2.45, 2.75) is 32.2 Å². The number of rotatable bonds is 8. The van der Waals surface area contributed by atoms with Gasteiger partial charge in [0, 0.05) is 11.8 Å². The Hall–Kier alpha value is -2.53. The van der Waals surface area contributed by atoms with Crippen molar-refractivity contribution in [1.29, 1.82) is 0 Å². The number of likely N-dealkylation sites (tertiary alicyclic amines) is 1. The first-order chi connectivity index (χ1) is 13.7. The van der Waals surface area contributed by atoms with Crippen molar-refractivity contribution in [3.63, 3.8) is 0 Å². The molecule has 0 aromatic heterocycles. The van der Waals surface area contributed by atoms with Crippen LogP contribution in [0.4, 0.5) is 0 Å². The molecule has 1 fully saturated rings. The van der Waals surface area contributed by atoms with Crippen LogP contribution < -0.4 is 9.47 Å². The average molecular weight is 383 g/mol. The molecule has 5 nitrogen and oxygen atoms in total. The third-order valence-corrected chi connectivity index (χ3v) is 5.17. The Bertz CT molecular complexity index is 768. The van der Waals surface area contributed by atoms with E-state index in [1.165, 1.54) is 24.8 Å². The molecule has 2 aromatic carbocycles. The molecule has 1 atom stereocenters. The van der Waals surface area contributed by atoms with Crippen molar-refractivity contribution in [3.05, 3.63) is 53.6 Å². The quantitative estimate of drug-likeness (QED) is 0.686. The molecule has 0 bridgehead atoms. The molecule has 0 aliphatic carbocycles. The van der Waals surface area contributed by atoms with Gasteiger partial charge in [-0.3, -0.25) is 9.89 Å². The first-order valence-electron chi connectivity index (χ1n) is 10.1. The Morgan fingerprint density at radius 1 is 1.11 bits per heavy atom. The summed E-state index contributed by atoms with van der Waals surface area (Å²) in [5, 5.41) is 10.4. The summed E-state index contributed by atoms with van der Waals surface area (Å²) in [7, 11) is 1.68. The monoisotopic (exact) mass is 382 g/mol. The van der Waals surface area contributed by atoms with E-state index in [-0.39, 0.29) is 11.8 Å². The van der Waals surface area contributed by atoms with Gasteiger partial charge in [-0.25, -0.2) is 0 Å². The molecule has 0 unspecified atom stereocenters. The normalized spacial score (nSPS) is 16.2. The van der Waals surface area contributed by atoms with E-state index in [0.29, 0.717) is 24.5 Å². The highest BCUT2D eigenvalue weighted by Gasteiger charge is 2.22. The summed E-state index contributed by atoms with van der Waals surface area (Å²) in [5.74, 6) is 1.50. The van der Waals surface area contributed by atoms with Gasteiger partial charge in [0.15, 0.2) is 11.5 Å². The SMILES string of the molecule is CCOc1cccc(C=NC[C@@H](c2ccc(OC)cc2)N2CCCCC2)c1O. The second-order valence-electron chi connectivity index (χ2n) is 7.01. The van der Waals surface area contributed by atoms with Gasteiger partial charge in [-0.15, -0.1) is 0 Å². The molecule has 0 amide bonds. The molecule has 0 spiro atoms. The van der Waals surface area contributed by atoms with E-state index in [9.17, 15) is 5.11 Å². The number of ether oxygens (including phenoxy) is 2. The van der Waals surface area contributed by atoms with Gasteiger partial charge in [0.2, 0.25) is 0 Å². The Morgan fingerprint density at radius 2 is 1.86 bits per heavy atom. The minimum absolute atomic E-state index is 0.145. The molecule has 28 heavy (non-hydrogen) atoms. The number of para-hydroxylation sites is 1. The topological polar surface area (TPSA) is 54.3 Å². The molecule has 1 aliphatic rings. The van der Waals surface area contributed by atoms with E-state index in [4.69, 9.17) is 9.47 Å². The first kappa shape index (κ1) is 20.2. The predicted octanol–water partition coefficient (Wildman–Crippen LogP) is 4.45. The van der Waals surface area contributed by atoms with E-state index < -0.39 is 0 Å². The lowest BCUT2D eigenvalue weighted by Gasteiger charge is -2.34. The summed E-state index contributed by atoms with van der Waals surface area (Å²) in [6.07, 6.45) is 5.51. The molecular formula is C23H30N2O3. The van der Waals surface area contributed by atoms with Gasteiger partial charge in [0.05, 0.1) is 26.3 Å². The van der Waals surface area contributed by atoms with Crippen LogP contribution in [0.25, 0.3) is 0 Å². The zero-order valence-corrected chi connectivity index (χ0v) is 16.8. The summed E-state index contributed by atoms with van der Waals surface area (Å²) in [6.45, 7) is 5.25. The zero-order valence-electron chi connectivity index (χ0n) is 16.8. The summed E-state index contributed by atoms with van der Waals surface area (Å²) in [4.78, 5) is 7.20. The van der Waals surface area contributed by atoms with Gasteiger partial charge >= 0.3 is 0 Å². The van der Waals surface area contributed by atoms with Gasteiger partial charge in [-0.2, -0.15) is 0 Å². The Morgan fingerprint density at radius 3 is 2.54 bits per heavy atom. The maximum atomic E-state index is 10.4. The maximum absolute atomic E-state index is 10.4. The van der Waals surface area contributed by atoms with Crippen LogP contribution in [-0.2, 0) is 0 Å². The van der Waals surface area contributed by atoms with Crippen molar-refractivity contribution < 1.29 is 14.6 Å². The van der Waals surface area contributed by atoms with Crippen molar-refractivity contribution in [2.24, 2.45) is 4.99 Å². The highest BCUT2D eigenvalue weighted by molar-refractivity contribution is 5.84. The molecule has 0 radical (unpaired) electrons. The summed E-state index contributed by atoms with van der Waals surface area (Å²) in [5.41, 5.74) is 1.92. The number of hydrogen-bond donors (Lipinski definition) is 1. The van der Waals surface area contributed by atoms with Crippen LogP contribution >= 0.6 is 0 Å². The molecule has 150 valence electrons. The number of phenols is 1. The summed E-state index contributed by atoms with van der Waals surface area (Å²) >= 11 is 0. The third kappa shape index (κ3) is 5.04. The average Bonchev–Trinajstić information content (AvgIpc) is 2.74. The Balaban J connectivity index is 1.77. The van der Waals surface area contributed by atoms with Gasteiger partial charge < -0.3 is 14.6 Å². The van der Waals surface area contributed by atoms with Crippen molar-refractivity contribution in [2.75, 3.05) is 33.4 Å². The van der Waals surface area contributed by atoms with Crippen LogP contribution in [0.1, 0.15) is 43.4 Å². The number of aromatic hydroxyl groups is 1. The highest BCUT2D eigenvalue weighted by Crippen LogP contribution is 2.29. The highest BCUT2D eigenvalue weighted by atomic mass is 16.5. The van der Waals surface area contributed by atoms with E-state index in [2.05, 4.69) is 22.0 Å². The van der Waals surface area contributed by atoms with E-state index in [1.807, 2.05) is 31.2 Å². The third-order valence-electron chi connectivity index (χ3n) is 5.17. The summed E-state index contributed by atoms with van der Waals surface area (Å²) in [6, 6.07) is 14.0. The molecule has 5 heteroatoms. The lowest BCUT2D eigenvalue weighted by atomic mass is 10.0. The van der Waals surface area contributed by atoms with E-state index in [0.717, 1.165) is 18.8 Å². The van der Waals surface area contributed by atoms with Crippen LogP contribution in [-0.4, -0.2) is 49.6 Å². The van der Waals surface area contributed by atoms with Gasteiger partial charge in [0.25, 0.3) is 0 Å². The number of piperidine rings is 1. The fraction of sp³-hybridized carbons (Fsp3) is 0.435. The van der Waals surface area contributed by atoms with Crippen LogP contribution in [0.2, 0.25) is 0 Å². The number of aliphatic imine (C=N–C) groups is 1. The van der Waals surface area contributed by atoms with E-state index >= 15 is 0 Å². The number of hydrogen-bond acceptors (Lipinski definition) is 5. The number of benzene rings is 2. The minimum Gasteiger partial charge on any atom is -0.504 e. The van der Waals surface area contributed by atoms with Gasteiger partial charge in [0.1, 0.15) is 5.75 Å². The minimum atomic E-state index is 0.145. The van der Waals surface area contributed by atoms with Crippen LogP contribution in [0.3, 0.4) is 0 Å². The van der Waals surface area contributed by atoms with Crippen molar-refractivity contribution in [3.8, 4) is 17.2 Å². The fourth-order valence-corrected chi connectivity index (χ4v) is 3.65. The number of methoxy groups -OCH3 is 1. The summed E-state index contributed by atoms with van der Waals surface area (Å²) < 4.78 is 10.8. The second kappa shape index (κ2) is 10.1. The molecule has 0 saturated carbocycles. The predicted molar refractivity (Wildman–Crippen MR) is 113 cm³/mol. The number of phenolic OH excluding ortho intramolecular Hbond substituents is 1. The Kier molecular flexibility index (Phi) is 7.31. The molecular weight excluding hydrogens is 352 g/mol. The lowest BCUT2D eigenvalue weighted by molar-refractivity contribution is 0.168. The van der Waals surface area contributed by atoms with Crippen molar-refractivity contribution >= 4 is 6.21 Å². The van der Waals surface area contributed by atoms with Gasteiger partial charge in [-0.05, 0) is 62.7 Å². The Labute approximate surface area is 167 Å². The van der Waals surface area contributed by atoms with Crippen LogP contribution in [0.15, 0.2) is 47.5 Å². The first-order valence-corrected chi connectivity index (χ1v) is 10.1. The van der Waals surface area contributed by atoms with E-state index in [1.54, 1.807) is 19.4 Å². The smallest absolute Gasteiger partial charge is 0.166 e. The van der Waals surface area contributed by atoms with Crippen molar-refractivity contribution in [1.82, 2.24) is 4.90 Å². The standard InChI is InChI=1S/C23H30N2O3/c1-3-28-22-9-7-8-19(23(22)26)16-24-17-21(25-14-5-4-6-15-25)18-10-12-20(27-2)13-11-18/h7-13,16,21,26H,3-6,14-15,17H2,1-2H3/t21-/m0/s1. The molecule has 1 heterocycles. The van der Waals surface area contributed by atoms with Crippen LogP contribution in [0, 0.1) is 0 Å². The maximum Gasteiger partial charge on any atom is 0.166 e. The van der Waals surface area contributed by atoms with Gasteiger partial charge in [-0.1, -0.05) is 24.6 Å². The lowest BCUT2D eigenvalue weighted by Crippen LogP contribution is -2.35. The zero-order chi connectivity index (χ0) is 19.8. The molecule has 1 saturated heterocycles. The fourth-order valence-electron chi connectivity index (χ4n) is 3.65. The number of nitrogens with zero attached hydrogens (tertiary/aromatic N) is 2. The molecule has 3 rings (SSSR count). The molecule has 2 aromatic rings. The largest absolute Gasteiger partial charge is 0.504 e.